The molecule has 45 heavy (non-hydrogen) atoms. The number of piperazine rings is 1. The minimum atomic E-state index is 0.531. The van der Waals surface area contributed by atoms with Crippen LogP contribution in [0, 0.1) is 5.41 Å². The number of pyridine rings is 1. The van der Waals surface area contributed by atoms with Crippen molar-refractivity contribution in [1.29, 1.82) is 0 Å². The monoisotopic (exact) mass is 607 g/mol. The molecule has 4 aliphatic heterocycles. The second-order valence-electron chi connectivity index (χ2n) is 13.6. The molecule has 4 saturated heterocycles. The van der Waals surface area contributed by atoms with Crippen molar-refractivity contribution in [2.45, 2.75) is 18.9 Å². The van der Waals surface area contributed by atoms with Crippen LogP contribution in [0.25, 0.3) is 33.3 Å². The van der Waals surface area contributed by atoms with E-state index in [-0.39, 0.29) is 0 Å². The highest BCUT2D eigenvalue weighted by atomic mass is 16.5. The van der Waals surface area contributed by atoms with Crippen LogP contribution < -0.4 is 9.80 Å². The Morgan fingerprint density at radius 1 is 0.844 bits per heavy atom. The fraction of sp³-hybridized carbons (Fsp3) is 0.500. The number of fused-ring (bicyclic) bond motifs is 1. The Morgan fingerprint density at radius 3 is 2.27 bits per heavy atom. The SMILES string of the molecule is COCCN1CCN(c2ccc(-c3cc(-c4ccc(N5CCC6(CC5)CN(C5COC5)C6)cc4)c4ncn(C)c4c3)cn2)CC1. The zero-order chi connectivity index (χ0) is 30.4. The number of aromatic nitrogens is 3. The van der Waals surface area contributed by atoms with E-state index in [1.54, 1.807) is 7.11 Å². The highest BCUT2D eigenvalue weighted by Crippen LogP contribution is 2.43. The number of imidazole rings is 1. The highest BCUT2D eigenvalue weighted by Gasteiger charge is 2.48. The van der Waals surface area contributed by atoms with E-state index < -0.39 is 0 Å². The normalized spacial score (nSPS) is 20.9. The van der Waals surface area contributed by atoms with Crippen molar-refractivity contribution in [1.82, 2.24) is 24.3 Å². The lowest BCUT2D eigenvalue weighted by atomic mass is 9.71. The van der Waals surface area contributed by atoms with E-state index in [0.29, 0.717) is 11.5 Å². The smallest absolute Gasteiger partial charge is 0.128 e. The van der Waals surface area contributed by atoms with Gasteiger partial charge in [-0.3, -0.25) is 9.80 Å². The summed E-state index contributed by atoms with van der Waals surface area (Å²) in [6.45, 7) is 12.5. The van der Waals surface area contributed by atoms with Crippen LogP contribution in [0.3, 0.4) is 0 Å². The van der Waals surface area contributed by atoms with Crippen LogP contribution in [0.15, 0.2) is 61.1 Å². The molecule has 236 valence electrons. The van der Waals surface area contributed by atoms with Gasteiger partial charge in [-0.2, -0.15) is 0 Å². The second-order valence-corrected chi connectivity index (χ2v) is 13.6. The summed E-state index contributed by atoms with van der Waals surface area (Å²) in [6.07, 6.45) is 6.52. The van der Waals surface area contributed by atoms with Crippen LogP contribution in [-0.4, -0.2) is 116 Å². The lowest BCUT2D eigenvalue weighted by Crippen LogP contribution is -2.66. The van der Waals surface area contributed by atoms with Crippen molar-refractivity contribution in [2.75, 3.05) is 95.6 Å². The van der Waals surface area contributed by atoms with Gasteiger partial charge in [0.05, 0.1) is 43.2 Å². The molecule has 0 radical (unpaired) electrons. The number of piperidine rings is 1. The number of anilines is 2. The summed E-state index contributed by atoms with van der Waals surface area (Å²) >= 11 is 0. The Labute approximate surface area is 266 Å². The summed E-state index contributed by atoms with van der Waals surface area (Å²) in [6, 6.07) is 18.8. The summed E-state index contributed by atoms with van der Waals surface area (Å²) < 4.78 is 12.8. The molecule has 2 aromatic carbocycles. The Balaban J connectivity index is 0.969. The van der Waals surface area contributed by atoms with Crippen LogP contribution in [0.5, 0.6) is 0 Å². The Bertz CT molecular complexity index is 1610. The fourth-order valence-electron chi connectivity index (χ4n) is 7.70. The quantitative estimate of drug-likeness (QED) is 0.293. The van der Waals surface area contributed by atoms with Crippen molar-refractivity contribution < 1.29 is 9.47 Å². The Morgan fingerprint density at radius 2 is 1.60 bits per heavy atom. The first kappa shape index (κ1) is 28.9. The maximum atomic E-state index is 5.41. The molecule has 0 saturated carbocycles. The molecule has 0 aliphatic carbocycles. The average Bonchev–Trinajstić information content (AvgIpc) is 3.43. The van der Waals surface area contributed by atoms with Gasteiger partial charge in [0.2, 0.25) is 0 Å². The van der Waals surface area contributed by atoms with Gasteiger partial charge in [0.1, 0.15) is 5.82 Å². The molecule has 4 fully saturated rings. The van der Waals surface area contributed by atoms with E-state index in [9.17, 15) is 0 Å². The van der Waals surface area contributed by atoms with E-state index in [2.05, 4.69) is 79.7 Å². The number of rotatable bonds is 8. The topological polar surface area (TPSA) is 62.1 Å². The number of hydrogen-bond acceptors (Lipinski definition) is 8. The summed E-state index contributed by atoms with van der Waals surface area (Å²) in [5, 5.41) is 0. The number of likely N-dealkylation sites (tertiary alicyclic amines) is 1. The summed E-state index contributed by atoms with van der Waals surface area (Å²) in [5.41, 5.74) is 8.68. The highest BCUT2D eigenvalue weighted by molar-refractivity contribution is 5.96. The first-order valence-electron chi connectivity index (χ1n) is 16.6. The number of benzene rings is 2. The van der Waals surface area contributed by atoms with Crippen LogP contribution in [0.4, 0.5) is 11.5 Å². The number of ether oxygens (including phenoxy) is 2. The van der Waals surface area contributed by atoms with Crippen LogP contribution in [0.2, 0.25) is 0 Å². The third-order valence-electron chi connectivity index (χ3n) is 10.8. The van der Waals surface area contributed by atoms with E-state index in [4.69, 9.17) is 19.4 Å². The molecule has 9 nitrogen and oxygen atoms in total. The van der Waals surface area contributed by atoms with Gasteiger partial charge in [-0.05, 0) is 65.8 Å². The van der Waals surface area contributed by atoms with E-state index in [1.807, 2.05) is 12.5 Å². The minimum Gasteiger partial charge on any atom is -0.383 e. The van der Waals surface area contributed by atoms with Gasteiger partial charge in [-0.25, -0.2) is 9.97 Å². The summed E-state index contributed by atoms with van der Waals surface area (Å²) in [5.74, 6) is 1.05. The first-order chi connectivity index (χ1) is 22.1. The molecule has 1 spiro atoms. The molecule has 0 N–H and O–H groups in total. The first-order valence-corrected chi connectivity index (χ1v) is 16.6. The molecular weight excluding hydrogens is 562 g/mol. The molecule has 0 atom stereocenters. The van der Waals surface area contributed by atoms with Gasteiger partial charge < -0.3 is 23.8 Å². The van der Waals surface area contributed by atoms with Crippen molar-refractivity contribution >= 4 is 22.5 Å². The molecule has 0 bridgehead atoms. The molecule has 4 aliphatic rings. The van der Waals surface area contributed by atoms with E-state index >= 15 is 0 Å². The molecular formula is C36H45N7O2. The van der Waals surface area contributed by atoms with Crippen molar-refractivity contribution in [2.24, 2.45) is 12.5 Å². The number of hydrogen-bond donors (Lipinski definition) is 0. The molecule has 4 aromatic rings. The van der Waals surface area contributed by atoms with Gasteiger partial charge in [0.25, 0.3) is 0 Å². The van der Waals surface area contributed by atoms with Crippen LogP contribution in [-0.2, 0) is 16.5 Å². The number of methoxy groups -OCH3 is 1. The third-order valence-corrected chi connectivity index (χ3v) is 10.8. The van der Waals surface area contributed by atoms with Gasteiger partial charge in [0.15, 0.2) is 0 Å². The summed E-state index contributed by atoms with van der Waals surface area (Å²) in [4.78, 5) is 19.8. The number of aryl methyl sites for hydroxylation is 1. The van der Waals surface area contributed by atoms with Crippen LogP contribution in [0.1, 0.15) is 12.8 Å². The van der Waals surface area contributed by atoms with Gasteiger partial charge >= 0.3 is 0 Å². The van der Waals surface area contributed by atoms with Crippen molar-refractivity contribution in [3.05, 3.63) is 61.1 Å². The Hall–Kier alpha value is -3.50. The molecule has 0 unspecified atom stereocenters. The van der Waals surface area contributed by atoms with Gasteiger partial charge in [-0.1, -0.05) is 12.1 Å². The van der Waals surface area contributed by atoms with Gasteiger partial charge in [-0.15, -0.1) is 0 Å². The zero-order valence-electron chi connectivity index (χ0n) is 26.7. The lowest BCUT2D eigenvalue weighted by Gasteiger charge is -2.58. The lowest BCUT2D eigenvalue weighted by molar-refractivity contribution is -0.136. The molecule has 0 amide bonds. The third kappa shape index (κ3) is 5.60. The maximum Gasteiger partial charge on any atom is 0.128 e. The fourth-order valence-corrected chi connectivity index (χ4v) is 7.70. The van der Waals surface area contributed by atoms with E-state index in [1.165, 1.54) is 37.2 Å². The minimum absolute atomic E-state index is 0.531. The maximum absolute atomic E-state index is 5.41. The van der Waals surface area contributed by atoms with Gasteiger partial charge in [0, 0.05) is 96.1 Å². The summed E-state index contributed by atoms with van der Waals surface area (Å²) in [7, 11) is 3.84. The second kappa shape index (κ2) is 12.0. The van der Waals surface area contributed by atoms with Crippen molar-refractivity contribution in [3.63, 3.8) is 0 Å². The van der Waals surface area contributed by atoms with Crippen LogP contribution >= 0.6 is 0 Å². The number of nitrogens with zero attached hydrogens (tertiary/aromatic N) is 7. The predicted molar refractivity (Wildman–Crippen MR) is 180 cm³/mol. The standard InChI is InChI=1S/C36H45N7O2/c1-39-26-38-35-32(27-3-6-30(7-4-27)41-11-9-36(10-12-41)24-43(25-36)31-22-45-23-31)19-29(20-33(35)39)28-5-8-34(37-21-28)42-15-13-40(14-16-42)17-18-44-2/h3-8,19-21,26,31H,9-18,22-25H2,1-2H3. The van der Waals surface area contributed by atoms with Crippen molar-refractivity contribution in [3.8, 4) is 22.3 Å². The largest absolute Gasteiger partial charge is 0.383 e. The average molecular weight is 608 g/mol. The zero-order valence-corrected chi connectivity index (χ0v) is 26.7. The predicted octanol–water partition coefficient (Wildman–Crippen LogP) is 4.37. The van der Waals surface area contributed by atoms with E-state index in [0.717, 1.165) is 99.2 Å². The molecule has 9 heteroatoms. The molecule has 6 heterocycles. The Kier molecular flexibility index (Phi) is 7.73. The molecule has 2 aromatic heterocycles. The molecule has 8 rings (SSSR count).